The van der Waals surface area contributed by atoms with Crippen molar-refractivity contribution in [2.45, 2.75) is 59.3 Å². The van der Waals surface area contributed by atoms with Gasteiger partial charge in [-0.3, -0.25) is 0 Å². The Bertz CT molecular complexity index is 426. The summed E-state index contributed by atoms with van der Waals surface area (Å²) in [6.45, 7) is 6.57. The third-order valence-electron chi connectivity index (χ3n) is 3.22. The zero-order valence-electron chi connectivity index (χ0n) is 13.0. The summed E-state index contributed by atoms with van der Waals surface area (Å²) in [5.74, 6) is 0. The zero-order chi connectivity index (χ0) is 14.6. The summed E-state index contributed by atoms with van der Waals surface area (Å²) >= 11 is 0. The van der Waals surface area contributed by atoms with E-state index in [9.17, 15) is 0 Å². The van der Waals surface area contributed by atoms with E-state index in [2.05, 4.69) is 48.3 Å². The molecule has 2 aromatic rings. The molecule has 0 bridgehead atoms. The van der Waals surface area contributed by atoms with Crippen LogP contribution in [0.3, 0.4) is 0 Å². The van der Waals surface area contributed by atoms with Crippen molar-refractivity contribution in [2.24, 2.45) is 0 Å². The smallest absolute Gasteiger partial charge is 0.112 e. The van der Waals surface area contributed by atoms with Crippen LogP contribution in [0.1, 0.15) is 57.9 Å². The van der Waals surface area contributed by atoms with Crippen molar-refractivity contribution in [2.75, 3.05) is 0 Å². The minimum atomic E-state index is 0.884. The maximum absolute atomic E-state index is 3.98. The highest BCUT2D eigenvalue weighted by Gasteiger charge is 1.97. The van der Waals surface area contributed by atoms with Gasteiger partial charge in [-0.15, -0.1) is 0 Å². The predicted octanol–water partition coefficient (Wildman–Crippen LogP) is 5.15. The van der Waals surface area contributed by atoms with Crippen LogP contribution >= 0.6 is 0 Å². The number of rotatable bonds is 6. The van der Waals surface area contributed by atoms with Gasteiger partial charge in [-0.05, 0) is 6.92 Å². The van der Waals surface area contributed by atoms with Crippen LogP contribution in [0.15, 0.2) is 30.5 Å². The standard InChI is InChI=1S/C9H9N3.C8H18/c1-7-2-4-8(5-3-7)9-6-10-12-11-9;1-3-5-7-8-6-4-2/h2-6H,1H3,(H,10,11,12);3-8H2,1-2H3. The average Bonchev–Trinajstić information content (AvgIpc) is 2.99. The molecule has 0 aliphatic carbocycles. The molecule has 20 heavy (non-hydrogen) atoms. The molecule has 0 aliphatic heterocycles. The topological polar surface area (TPSA) is 41.6 Å². The van der Waals surface area contributed by atoms with Gasteiger partial charge in [-0.1, -0.05) is 82.2 Å². The maximum atomic E-state index is 3.98. The van der Waals surface area contributed by atoms with Gasteiger partial charge in [0.15, 0.2) is 0 Å². The summed E-state index contributed by atoms with van der Waals surface area (Å²) in [5, 5.41) is 10.3. The molecule has 3 nitrogen and oxygen atoms in total. The molecular formula is C17H27N3. The van der Waals surface area contributed by atoms with Crippen LogP contribution in [0.4, 0.5) is 0 Å². The molecule has 0 fully saturated rings. The lowest BCUT2D eigenvalue weighted by atomic mass is 10.1. The van der Waals surface area contributed by atoms with Crippen molar-refractivity contribution in [3.05, 3.63) is 36.0 Å². The fourth-order valence-electron chi connectivity index (χ4n) is 1.92. The van der Waals surface area contributed by atoms with Crippen molar-refractivity contribution in [1.29, 1.82) is 0 Å². The molecular weight excluding hydrogens is 246 g/mol. The maximum Gasteiger partial charge on any atom is 0.112 e. The molecule has 1 N–H and O–H groups in total. The molecule has 0 saturated heterocycles. The highest BCUT2D eigenvalue weighted by atomic mass is 15.3. The van der Waals surface area contributed by atoms with E-state index in [0.717, 1.165) is 11.3 Å². The van der Waals surface area contributed by atoms with Gasteiger partial charge in [-0.2, -0.15) is 15.4 Å². The molecule has 1 aromatic heterocycles. The van der Waals surface area contributed by atoms with Crippen LogP contribution in [-0.4, -0.2) is 15.4 Å². The van der Waals surface area contributed by atoms with Crippen molar-refractivity contribution in [3.63, 3.8) is 0 Å². The van der Waals surface area contributed by atoms with Crippen molar-refractivity contribution in [1.82, 2.24) is 15.4 Å². The Morgan fingerprint density at radius 1 is 0.900 bits per heavy atom. The quantitative estimate of drug-likeness (QED) is 0.740. The van der Waals surface area contributed by atoms with Gasteiger partial charge < -0.3 is 0 Å². The molecule has 0 saturated carbocycles. The van der Waals surface area contributed by atoms with Crippen molar-refractivity contribution < 1.29 is 0 Å². The summed E-state index contributed by atoms with van der Waals surface area (Å²) in [6, 6.07) is 8.19. The number of aromatic amines is 1. The second-order valence-electron chi connectivity index (χ2n) is 5.14. The second-order valence-corrected chi connectivity index (χ2v) is 5.14. The minimum Gasteiger partial charge on any atom is -0.197 e. The summed E-state index contributed by atoms with van der Waals surface area (Å²) in [7, 11) is 0. The van der Waals surface area contributed by atoms with E-state index in [4.69, 9.17) is 0 Å². The van der Waals surface area contributed by atoms with E-state index in [1.807, 2.05) is 12.1 Å². The van der Waals surface area contributed by atoms with E-state index in [1.54, 1.807) is 6.20 Å². The molecule has 110 valence electrons. The number of H-pyrrole nitrogens is 1. The van der Waals surface area contributed by atoms with Crippen LogP contribution in [0, 0.1) is 6.92 Å². The lowest BCUT2D eigenvalue weighted by molar-refractivity contribution is 0.624. The number of nitrogens with zero attached hydrogens (tertiary/aromatic N) is 2. The molecule has 3 heteroatoms. The van der Waals surface area contributed by atoms with E-state index < -0.39 is 0 Å². The monoisotopic (exact) mass is 273 g/mol. The first-order valence-electron chi connectivity index (χ1n) is 7.70. The molecule has 0 radical (unpaired) electrons. The van der Waals surface area contributed by atoms with Gasteiger partial charge in [0.25, 0.3) is 0 Å². The average molecular weight is 273 g/mol. The number of nitrogens with one attached hydrogen (secondary N) is 1. The van der Waals surface area contributed by atoms with Gasteiger partial charge in [0.1, 0.15) is 5.69 Å². The first kappa shape index (κ1) is 16.4. The first-order chi connectivity index (χ1) is 9.77. The number of aryl methyl sites for hydroxylation is 1. The molecule has 1 aromatic carbocycles. The van der Waals surface area contributed by atoms with Crippen LogP contribution in [0.25, 0.3) is 11.3 Å². The largest absolute Gasteiger partial charge is 0.197 e. The molecule has 0 aliphatic rings. The number of benzene rings is 1. The summed E-state index contributed by atoms with van der Waals surface area (Å²) < 4.78 is 0. The second kappa shape index (κ2) is 10.2. The number of hydrogen-bond donors (Lipinski definition) is 1. The molecule has 0 spiro atoms. The SMILES string of the molecule is CCCCCCCC.Cc1ccc(-c2cn[nH]n2)cc1. The van der Waals surface area contributed by atoms with Gasteiger partial charge in [0.2, 0.25) is 0 Å². The Kier molecular flexibility index (Phi) is 8.36. The van der Waals surface area contributed by atoms with E-state index >= 15 is 0 Å². The Morgan fingerprint density at radius 3 is 1.95 bits per heavy atom. The predicted molar refractivity (Wildman–Crippen MR) is 85.6 cm³/mol. The summed E-state index contributed by atoms with van der Waals surface area (Å²) in [6.07, 6.45) is 10.2. The molecule has 0 amide bonds. The van der Waals surface area contributed by atoms with Crippen LogP contribution in [0.5, 0.6) is 0 Å². The summed E-state index contributed by atoms with van der Waals surface area (Å²) in [4.78, 5) is 0. The zero-order valence-corrected chi connectivity index (χ0v) is 13.0. The van der Waals surface area contributed by atoms with Gasteiger partial charge in [0.05, 0.1) is 6.20 Å². The first-order valence-corrected chi connectivity index (χ1v) is 7.70. The van der Waals surface area contributed by atoms with Crippen LogP contribution < -0.4 is 0 Å². The van der Waals surface area contributed by atoms with Crippen LogP contribution in [-0.2, 0) is 0 Å². The van der Waals surface area contributed by atoms with Crippen LogP contribution in [0.2, 0.25) is 0 Å². The van der Waals surface area contributed by atoms with E-state index in [0.29, 0.717) is 0 Å². The van der Waals surface area contributed by atoms with Crippen molar-refractivity contribution in [3.8, 4) is 11.3 Å². The van der Waals surface area contributed by atoms with Gasteiger partial charge >= 0.3 is 0 Å². The Balaban J connectivity index is 0.000000221. The number of hydrogen-bond acceptors (Lipinski definition) is 2. The molecule has 1 heterocycles. The third kappa shape index (κ3) is 6.50. The van der Waals surface area contributed by atoms with Crippen molar-refractivity contribution >= 4 is 0 Å². The molecule has 0 atom stereocenters. The fraction of sp³-hybridized carbons (Fsp3) is 0.529. The third-order valence-corrected chi connectivity index (χ3v) is 3.22. The minimum absolute atomic E-state index is 0.884. The normalized spacial score (nSPS) is 9.95. The lowest BCUT2D eigenvalue weighted by Gasteiger charge is -1.94. The fourth-order valence-corrected chi connectivity index (χ4v) is 1.92. The van der Waals surface area contributed by atoms with E-state index in [-0.39, 0.29) is 0 Å². The highest BCUT2D eigenvalue weighted by Crippen LogP contribution is 2.14. The number of aromatic nitrogens is 3. The molecule has 0 unspecified atom stereocenters. The van der Waals surface area contributed by atoms with Gasteiger partial charge in [0, 0.05) is 5.56 Å². The Hall–Kier alpha value is -1.64. The van der Waals surface area contributed by atoms with Gasteiger partial charge in [-0.25, -0.2) is 0 Å². The van der Waals surface area contributed by atoms with E-state index in [1.165, 1.54) is 44.1 Å². The Morgan fingerprint density at radius 2 is 1.50 bits per heavy atom. The Labute approximate surface area is 122 Å². The summed E-state index contributed by atoms with van der Waals surface area (Å²) in [5.41, 5.74) is 3.23. The lowest BCUT2D eigenvalue weighted by Crippen LogP contribution is -1.77. The number of unbranched alkanes of at least 4 members (excludes halogenated alkanes) is 5. The molecule has 2 rings (SSSR count). The highest BCUT2D eigenvalue weighted by molar-refractivity contribution is 5.57.